The van der Waals surface area contributed by atoms with Crippen LogP contribution in [0.4, 0.5) is 0 Å². The number of aliphatic carboxylic acids is 1. The van der Waals surface area contributed by atoms with Crippen molar-refractivity contribution in [1.29, 1.82) is 0 Å². The standard InChI is InChI=1S/C18H35N5O6/c1-9(2)13(22-16(26)12(20)7-5-6-8-19)17(27)21-10(3)15(25)23-14(11(4)24)18(28)29/h9-14,24H,5-8,19-20H2,1-4H3,(H,21,27)(H,22,26)(H,23,25)(H,28,29). The van der Waals surface area contributed by atoms with E-state index in [9.17, 15) is 24.3 Å². The van der Waals surface area contributed by atoms with Gasteiger partial charge in [0.15, 0.2) is 6.04 Å². The van der Waals surface area contributed by atoms with Crippen molar-refractivity contribution in [1.82, 2.24) is 16.0 Å². The molecule has 0 bridgehead atoms. The number of aliphatic hydroxyl groups excluding tert-OH is 1. The first-order valence-electron chi connectivity index (χ1n) is 9.69. The summed E-state index contributed by atoms with van der Waals surface area (Å²) in [6, 6.07) is -4.29. The molecule has 0 aliphatic rings. The molecule has 0 radical (unpaired) electrons. The molecular formula is C18H35N5O6. The SMILES string of the molecule is CC(NC(=O)C(NC(=O)C(N)CCCCN)C(C)C)C(=O)NC(C(=O)O)C(C)O. The Balaban J connectivity index is 4.90. The van der Waals surface area contributed by atoms with Crippen LogP contribution in [-0.4, -0.2) is 70.7 Å². The van der Waals surface area contributed by atoms with E-state index in [1.807, 2.05) is 0 Å². The lowest BCUT2D eigenvalue weighted by Crippen LogP contribution is -2.58. The number of hydrogen-bond donors (Lipinski definition) is 7. The molecule has 0 aromatic rings. The van der Waals surface area contributed by atoms with Gasteiger partial charge in [0, 0.05) is 0 Å². The Kier molecular flexibility index (Phi) is 12.1. The number of nitrogens with two attached hydrogens (primary N) is 2. The maximum Gasteiger partial charge on any atom is 0.328 e. The van der Waals surface area contributed by atoms with Gasteiger partial charge in [-0.05, 0) is 39.2 Å². The van der Waals surface area contributed by atoms with Crippen molar-refractivity contribution in [3.8, 4) is 0 Å². The van der Waals surface area contributed by atoms with E-state index >= 15 is 0 Å². The smallest absolute Gasteiger partial charge is 0.328 e. The number of hydrogen-bond acceptors (Lipinski definition) is 7. The highest BCUT2D eigenvalue weighted by atomic mass is 16.4. The third kappa shape index (κ3) is 9.68. The Morgan fingerprint density at radius 2 is 1.41 bits per heavy atom. The molecule has 0 rings (SSSR count). The van der Waals surface area contributed by atoms with Crippen LogP contribution >= 0.6 is 0 Å². The molecule has 9 N–H and O–H groups in total. The lowest BCUT2D eigenvalue weighted by atomic mass is 10.0. The van der Waals surface area contributed by atoms with Crippen molar-refractivity contribution < 1.29 is 29.4 Å². The van der Waals surface area contributed by atoms with Crippen LogP contribution in [0.15, 0.2) is 0 Å². The van der Waals surface area contributed by atoms with Gasteiger partial charge in [-0.15, -0.1) is 0 Å². The highest BCUT2D eigenvalue weighted by Gasteiger charge is 2.31. The molecule has 5 unspecified atom stereocenters. The molecule has 0 aliphatic heterocycles. The first-order chi connectivity index (χ1) is 13.4. The summed E-state index contributed by atoms with van der Waals surface area (Å²) < 4.78 is 0. The van der Waals surface area contributed by atoms with Crippen LogP contribution in [0.3, 0.4) is 0 Å². The lowest BCUT2D eigenvalue weighted by Gasteiger charge is -2.26. The number of rotatable bonds is 13. The van der Waals surface area contributed by atoms with Crippen molar-refractivity contribution in [2.24, 2.45) is 17.4 Å². The zero-order valence-corrected chi connectivity index (χ0v) is 17.5. The Bertz CT molecular complexity index is 569. The predicted molar refractivity (Wildman–Crippen MR) is 107 cm³/mol. The summed E-state index contributed by atoms with van der Waals surface area (Å²) in [4.78, 5) is 48.0. The molecule has 0 spiro atoms. The summed E-state index contributed by atoms with van der Waals surface area (Å²) in [7, 11) is 0. The Hall–Kier alpha value is -2.24. The Labute approximate surface area is 171 Å². The third-order valence-electron chi connectivity index (χ3n) is 4.35. The number of carbonyl (C=O) groups excluding carboxylic acids is 3. The van der Waals surface area contributed by atoms with E-state index in [-0.39, 0.29) is 5.92 Å². The van der Waals surface area contributed by atoms with Gasteiger partial charge in [-0.25, -0.2) is 4.79 Å². The average molecular weight is 418 g/mol. The highest BCUT2D eigenvalue weighted by molar-refractivity contribution is 5.94. The first kappa shape index (κ1) is 26.8. The molecule has 0 heterocycles. The molecule has 0 aliphatic carbocycles. The minimum absolute atomic E-state index is 0.283. The number of nitrogens with one attached hydrogen (secondary N) is 3. The fourth-order valence-corrected chi connectivity index (χ4v) is 2.47. The largest absolute Gasteiger partial charge is 0.480 e. The van der Waals surface area contributed by atoms with Crippen molar-refractivity contribution in [2.45, 2.75) is 77.2 Å². The van der Waals surface area contributed by atoms with Crippen molar-refractivity contribution in [3.63, 3.8) is 0 Å². The third-order valence-corrected chi connectivity index (χ3v) is 4.35. The molecule has 0 aromatic heterocycles. The summed E-state index contributed by atoms with van der Waals surface area (Å²) in [6.07, 6.45) is 0.549. The highest BCUT2D eigenvalue weighted by Crippen LogP contribution is 2.05. The number of carbonyl (C=O) groups is 4. The van der Waals surface area contributed by atoms with Gasteiger partial charge in [-0.3, -0.25) is 14.4 Å². The maximum absolute atomic E-state index is 12.5. The van der Waals surface area contributed by atoms with Crippen LogP contribution in [0, 0.1) is 5.92 Å². The second-order valence-corrected chi connectivity index (χ2v) is 7.42. The fourth-order valence-electron chi connectivity index (χ4n) is 2.47. The minimum atomic E-state index is -1.51. The van der Waals surface area contributed by atoms with E-state index in [0.717, 1.165) is 6.42 Å². The van der Waals surface area contributed by atoms with Crippen LogP contribution in [0.25, 0.3) is 0 Å². The molecule has 5 atom stereocenters. The number of aliphatic hydroxyl groups is 1. The van der Waals surface area contributed by atoms with Crippen molar-refractivity contribution in [2.75, 3.05) is 6.54 Å². The Morgan fingerprint density at radius 3 is 1.86 bits per heavy atom. The summed E-state index contributed by atoms with van der Waals surface area (Å²) in [5, 5.41) is 25.6. The number of carboxylic acid groups (broad SMARTS) is 1. The van der Waals surface area contributed by atoms with E-state index in [0.29, 0.717) is 19.4 Å². The van der Waals surface area contributed by atoms with E-state index in [2.05, 4.69) is 16.0 Å². The summed E-state index contributed by atoms with van der Waals surface area (Å²) in [6.45, 7) is 6.55. The fraction of sp³-hybridized carbons (Fsp3) is 0.778. The normalized spacial score (nSPS) is 16.3. The average Bonchev–Trinajstić information content (AvgIpc) is 2.62. The predicted octanol–water partition coefficient (Wildman–Crippen LogP) is -1.96. The molecule has 0 saturated carbocycles. The van der Waals surface area contributed by atoms with E-state index in [4.69, 9.17) is 16.6 Å². The van der Waals surface area contributed by atoms with Crippen LogP contribution in [-0.2, 0) is 19.2 Å². The zero-order valence-electron chi connectivity index (χ0n) is 17.5. The van der Waals surface area contributed by atoms with Crippen LogP contribution in [0.1, 0.15) is 47.0 Å². The van der Waals surface area contributed by atoms with Gasteiger partial charge in [-0.2, -0.15) is 0 Å². The summed E-state index contributed by atoms with van der Waals surface area (Å²) >= 11 is 0. The van der Waals surface area contributed by atoms with Gasteiger partial charge in [0.2, 0.25) is 17.7 Å². The van der Waals surface area contributed by atoms with Crippen LogP contribution < -0.4 is 27.4 Å². The van der Waals surface area contributed by atoms with Gasteiger partial charge >= 0.3 is 5.97 Å². The maximum atomic E-state index is 12.5. The molecule has 11 heteroatoms. The molecule has 0 saturated heterocycles. The van der Waals surface area contributed by atoms with Crippen LogP contribution in [0.2, 0.25) is 0 Å². The van der Waals surface area contributed by atoms with E-state index in [1.54, 1.807) is 13.8 Å². The minimum Gasteiger partial charge on any atom is -0.480 e. The lowest BCUT2D eigenvalue weighted by molar-refractivity contribution is -0.145. The van der Waals surface area contributed by atoms with Gasteiger partial charge in [0.05, 0.1) is 12.1 Å². The second-order valence-electron chi connectivity index (χ2n) is 7.42. The van der Waals surface area contributed by atoms with Gasteiger partial charge in [0.25, 0.3) is 0 Å². The monoisotopic (exact) mass is 417 g/mol. The Morgan fingerprint density at radius 1 is 0.862 bits per heavy atom. The molecular weight excluding hydrogens is 382 g/mol. The molecule has 11 nitrogen and oxygen atoms in total. The van der Waals surface area contributed by atoms with E-state index in [1.165, 1.54) is 13.8 Å². The quantitative estimate of drug-likeness (QED) is 0.168. The van der Waals surface area contributed by atoms with Gasteiger partial charge < -0.3 is 37.6 Å². The van der Waals surface area contributed by atoms with Crippen molar-refractivity contribution >= 4 is 23.7 Å². The molecule has 3 amide bonds. The van der Waals surface area contributed by atoms with Crippen LogP contribution in [0.5, 0.6) is 0 Å². The van der Waals surface area contributed by atoms with E-state index < -0.39 is 54.0 Å². The number of carboxylic acids is 1. The second kappa shape index (κ2) is 13.1. The van der Waals surface area contributed by atoms with Gasteiger partial charge in [-0.1, -0.05) is 20.3 Å². The topological polar surface area (TPSA) is 197 Å². The van der Waals surface area contributed by atoms with Gasteiger partial charge in [0.1, 0.15) is 12.1 Å². The number of amides is 3. The summed E-state index contributed by atoms with van der Waals surface area (Å²) in [5.74, 6) is -3.54. The molecule has 0 fully saturated rings. The molecule has 29 heavy (non-hydrogen) atoms. The van der Waals surface area contributed by atoms with Crippen molar-refractivity contribution in [3.05, 3.63) is 0 Å². The zero-order chi connectivity index (χ0) is 22.7. The molecule has 168 valence electrons. The first-order valence-corrected chi connectivity index (χ1v) is 9.69. The molecule has 0 aromatic carbocycles. The summed E-state index contributed by atoms with van der Waals surface area (Å²) in [5.41, 5.74) is 11.3. The number of unbranched alkanes of at least 4 members (excludes halogenated alkanes) is 1.